The Balaban J connectivity index is 0.00000186. The molecule has 1 spiro atoms. The van der Waals surface area contributed by atoms with E-state index in [4.69, 9.17) is 0 Å². The minimum Gasteiger partial charge on any atom is -0.353 e. The second-order valence-electron chi connectivity index (χ2n) is 10.7. The average molecular weight is 547 g/mol. The first-order valence-electron chi connectivity index (χ1n) is 13.5. The van der Waals surface area contributed by atoms with Crippen molar-refractivity contribution in [3.63, 3.8) is 0 Å². The van der Waals surface area contributed by atoms with E-state index in [1.54, 1.807) is 23.8 Å². The number of nitrogens with zero attached hydrogens (tertiary/aromatic N) is 3. The molecule has 10 heteroatoms. The van der Waals surface area contributed by atoms with Crippen molar-refractivity contribution in [1.29, 1.82) is 0 Å². The normalized spacial score (nSPS) is 32.3. The van der Waals surface area contributed by atoms with Crippen LogP contribution >= 0.6 is 11.9 Å². The fourth-order valence-corrected chi connectivity index (χ4v) is 8.78. The number of piperazine rings is 1. The van der Waals surface area contributed by atoms with Gasteiger partial charge in [0.25, 0.3) is 0 Å². The minimum absolute atomic E-state index is 0.00131. The van der Waals surface area contributed by atoms with Crippen molar-refractivity contribution in [1.82, 2.24) is 14.6 Å². The number of rotatable bonds is 7. The van der Waals surface area contributed by atoms with Crippen LogP contribution in [0.25, 0.3) is 0 Å². The minimum atomic E-state index is -4.62. The van der Waals surface area contributed by atoms with Crippen molar-refractivity contribution in [3.8, 4) is 0 Å². The summed E-state index contributed by atoms with van der Waals surface area (Å²) < 4.78 is 55.5. The third-order valence-corrected chi connectivity index (χ3v) is 10.4. The highest BCUT2D eigenvalue weighted by Crippen LogP contribution is 2.80. The van der Waals surface area contributed by atoms with Crippen LogP contribution in [0.5, 0.6) is 0 Å². The highest BCUT2D eigenvalue weighted by Gasteiger charge is 2.76. The maximum atomic E-state index is 14.5. The van der Waals surface area contributed by atoms with Gasteiger partial charge in [-0.2, -0.15) is 13.2 Å². The quantitative estimate of drug-likeness (QED) is 0.317. The van der Waals surface area contributed by atoms with Gasteiger partial charge in [0.05, 0.1) is 5.56 Å². The third kappa shape index (κ3) is 5.34. The third-order valence-electron chi connectivity index (χ3n) is 9.08. The lowest BCUT2D eigenvalue weighted by molar-refractivity contribution is -0.138. The van der Waals surface area contributed by atoms with Gasteiger partial charge < -0.3 is 10.2 Å². The molecule has 6 unspecified atom stereocenters. The number of aromatic nitrogens is 1. The van der Waals surface area contributed by atoms with Gasteiger partial charge in [0.1, 0.15) is 0 Å². The van der Waals surface area contributed by atoms with E-state index < -0.39 is 17.6 Å². The molecule has 6 atom stereocenters. The van der Waals surface area contributed by atoms with Crippen molar-refractivity contribution in [2.24, 2.45) is 22.7 Å². The van der Waals surface area contributed by atoms with Crippen LogP contribution in [0.4, 0.5) is 23.4 Å². The summed E-state index contributed by atoms with van der Waals surface area (Å²) in [5.41, 5.74) is -0.740. The first kappa shape index (κ1) is 30.0. The largest absolute Gasteiger partial charge is 0.417 e. The van der Waals surface area contributed by atoms with Crippen LogP contribution < -0.4 is 10.2 Å². The highest BCUT2D eigenvalue weighted by atomic mass is 32.2. The lowest BCUT2D eigenvalue weighted by Gasteiger charge is -2.56. The maximum Gasteiger partial charge on any atom is 0.417 e. The number of amides is 1. The van der Waals surface area contributed by atoms with Crippen molar-refractivity contribution in [2.75, 3.05) is 30.3 Å². The van der Waals surface area contributed by atoms with E-state index in [9.17, 15) is 22.4 Å². The Bertz CT molecular complexity index is 963. The molecule has 1 N–H and O–H groups in total. The molecule has 37 heavy (non-hydrogen) atoms. The standard InChI is InChI=1S/C25H36F4N4OS.C2H6/c1-6-20-16(3)24(20)8-7-23(24,17(4)31-18(5)34)14-35-32-9-10-33(15(2)13-32)22-21(26)11-19(12-30-22)25(27,28)29;1-2/h11-12,15-17,20H,6-10,13-14H2,1-5H3,(H,31,34);1-2H3. The number of halogens is 4. The Kier molecular flexibility index (Phi) is 9.15. The number of carbonyl (C=O) groups excluding carboxylic acids is 1. The topological polar surface area (TPSA) is 48.5 Å². The Morgan fingerprint density at radius 2 is 1.95 bits per heavy atom. The SMILES string of the molecule is CC.CCC1C(C)C12CCC2(CSN1CCN(c2ncc(C(F)(F)F)cc2F)C(C)C1)C(C)NC(C)=O. The molecule has 0 bridgehead atoms. The molecule has 3 fully saturated rings. The van der Waals surface area contributed by atoms with E-state index in [1.165, 1.54) is 6.42 Å². The van der Waals surface area contributed by atoms with Gasteiger partial charge in [-0.25, -0.2) is 13.7 Å². The van der Waals surface area contributed by atoms with Crippen LogP contribution in [-0.2, 0) is 11.0 Å². The van der Waals surface area contributed by atoms with Gasteiger partial charge in [-0.1, -0.05) is 46.1 Å². The summed E-state index contributed by atoms with van der Waals surface area (Å²) in [6, 6.07) is 0.516. The molecule has 1 aromatic rings. The van der Waals surface area contributed by atoms with Crippen LogP contribution in [-0.4, -0.2) is 52.7 Å². The molecule has 4 rings (SSSR count). The zero-order chi connectivity index (χ0) is 27.8. The summed E-state index contributed by atoms with van der Waals surface area (Å²) in [4.78, 5) is 17.5. The smallest absolute Gasteiger partial charge is 0.353 e. The van der Waals surface area contributed by atoms with Gasteiger partial charge in [0, 0.05) is 56.0 Å². The number of pyridine rings is 1. The first-order chi connectivity index (χ1) is 17.4. The predicted octanol–water partition coefficient (Wildman–Crippen LogP) is 6.39. The maximum absolute atomic E-state index is 14.5. The van der Waals surface area contributed by atoms with E-state index >= 15 is 0 Å². The Labute approximate surface area is 223 Å². The van der Waals surface area contributed by atoms with Crippen molar-refractivity contribution in [3.05, 3.63) is 23.6 Å². The molecule has 2 saturated carbocycles. The number of nitrogens with one attached hydrogen (secondary N) is 1. The van der Waals surface area contributed by atoms with Gasteiger partial charge in [-0.15, -0.1) is 0 Å². The number of anilines is 1. The van der Waals surface area contributed by atoms with E-state index in [0.717, 1.165) is 18.6 Å². The van der Waals surface area contributed by atoms with Crippen LogP contribution in [0.2, 0.25) is 0 Å². The number of alkyl halides is 3. The summed E-state index contributed by atoms with van der Waals surface area (Å²) in [6.45, 7) is 16.0. The van der Waals surface area contributed by atoms with Gasteiger partial charge >= 0.3 is 6.18 Å². The average Bonchev–Trinajstić information content (AvgIpc) is 3.46. The van der Waals surface area contributed by atoms with Crippen molar-refractivity contribution >= 4 is 23.7 Å². The molecule has 5 nitrogen and oxygen atoms in total. The molecule has 1 saturated heterocycles. The van der Waals surface area contributed by atoms with Crippen molar-refractivity contribution < 1.29 is 22.4 Å². The van der Waals surface area contributed by atoms with Crippen molar-refractivity contribution in [2.45, 2.75) is 86.0 Å². The fourth-order valence-electron chi connectivity index (χ4n) is 7.17. The molecule has 2 aliphatic carbocycles. The van der Waals surface area contributed by atoms with E-state index in [0.29, 0.717) is 43.7 Å². The van der Waals surface area contributed by atoms with Gasteiger partial charge in [0.15, 0.2) is 11.6 Å². The zero-order valence-corrected chi connectivity index (χ0v) is 23.9. The van der Waals surface area contributed by atoms with E-state index in [2.05, 4.69) is 35.4 Å². The fraction of sp³-hybridized carbons (Fsp3) is 0.778. The molecule has 2 heterocycles. The van der Waals surface area contributed by atoms with Crippen LogP contribution in [0.1, 0.15) is 73.3 Å². The molecule has 0 aromatic carbocycles. The highest BCUT2D eigenvalue weighted by molar-refractivity contribution is 7.97. The molecule has 210 valence electrons. The summed E-state index contributed by atoms with van der Waals surface area (Å²) in [7, 11) is 0. The second-order valence-corrected chi connectivity index (χ2v) is 11.7. The monoisotopic (exact) mass is 546 g/mol. The second kappa shape index (κ2) is 11.3. The summed E-state index contributed by atoms with van der Waals surface area (Å²) in [5, 5.41) is 3.18. The lowest BCUT2D eigenvalue weighted by Crippen LogP contribution is -2.59. The molecular weight excluding hydrogens is 504 g/mol. The molecule has 1 amide bonds. The zero-order valence-electron chi connectivity index (χ0n) is 23.1. The van der Waals surface area contributed by atoms with Gasteiger partial charge in [-0.3, -0.25) is 4.79 Å². The predicted molar refractivity (Wildman–Crippen MR) is 142 cm³/mol. The summed E-state index contributed by atoms with van der Waals surface area (Å²) >= 11 is 1.80. The summed E-state index contributed by atoms with van der Waals surface area (Å²) in [6.07, 6.45) is -0.455. The summed E-state index contributed by atoms with van der Waals surface area (Å²) in [5.74, 6) is 1.29. The number of hydrogen-bond donors (Lipinski definition) is 1. The first-order valence-corrected chi connectivity index (χ1v) is 14.5. The number of carbonyl (C=O) groups is 1. The molecule has 3 aliphatic rings. The Morgan fingerprint density at radius 1 is 1.27 bits per heavy atom. The van der Waals surface area contributed by atoms with Gasteiger partial charge in [-0.05, 0) is 50.0 Å². The van der Waals surface area contributed by atoms with E-state index in [1.807, 2.05) is 20.8 Å². The molecule has 0 radical (unpaired) electrons. The Hall–Kier alpha value is -1.55. The molecular formula is C27H42F4N4OS. The van der Waals surface area contributed by atoms with E-state index in [-0.39, 0.29) is 34.6 Å². The molecule has 1 aromatic heterocycles. The van der Waals surface area contributed by atoms with Crippen LogP contribution in [0, 0.1) is 28.5 Å². The lowest BCUT2D eigenvalue weighted by atomic mass is 9.53. The Morgan fingerprint density at radius 3 is 2.41 bits per heavy atom. The van der Waals surface area contributed by atoms with Crippen LogP contribution in [0.3, 0.4) is 0 Å². The van der Waals surface area contributed by atoms with Gasteiger partial charge in [0.2, 0.25) is 5.91 Å². The van der Waals surface area contributed by atoms with Crippen LogP contribution in [0.15, 0.2) is 12.3 Å². The molecule has 1 aliphatic heterocycles. The number of hydrogen-bond acceptors (Lipinski definition) is 5.